The van der Waals surface area contributed by atoms with Gasteiger partial charge in [0.05, 0.1) is 19.8 Å². The highest BCUT2D eigenvalue weighted by atomic mass is 16.5. The molecule has 0 atom stereocenters. The quantitative estimate of drug-likeness (QED) is 0.809. The normalized spacial score (nSPS) is 20.1. The van der Waals surface area contributed by atoms with Gasteiger partial charge < -0.3 is 19.5 Å². The molecule has 0 bridgehead atoms. The number of amides is 1. The summed E-state index contributed by atoms with van der Waals surface area (Å²) in [6.07, 6.45) is 4.33. The molecular formula is C18H25NO5. The molecule has 1 aliphatic carbocycles. The van der Waals surface area contributed by atoms with E-state index >= 15 is 0 Å². The van der Waals surface area contributed by atoms with Gasteiger partial charge in [-0.15, -0.1) is 0 Å². The largest absolute Gasteiger partial charge is 0.493 e. The second-order valence-corrected chi connectivity index (χ2v) is 6.17. The average Bonchev–Trinajstić information content (AvgIpc) is 2.61. The number of hydrogen-bond acceptors (Lipinski definition) is 5. The molecule has 1 aromatic rings. The summed E-state index contributed by atoms with van der Waals surface area (Å²) in [5, 5.41) is 3.01. The van der Waals surface area contributed by atoms with Crippen molar-refractivity contribution in [2.75, 3.05) is 20.8 Å². The molecule has 1 aromatic carbocycles. The Bertz CT molecular complexity index is 579. The van der Waals surface area contributed by atoms with E-state index in [1.165, 1.54) is 20.3 Å². The summed E-state index contributed by atoms with van der Waals surface area (Å²) in [6.45, 7) is 2.16. The highest BCUT2D eigenvalue weighted by molar-refractivity contribution is 5.90. The van der Waals surface area contributed by atoms with Gasteiger partial charge in [-0.2, -0.15) is 0 Å². The van der Waals surface area contributed by atoms with Crippen LogP contribution in [0.1, 0.15) is 43.0 Å². The summed E-state index contributed by atoms with van der Waals surface area (Å²) >= 11 is 0. The molecular weight excluding hydrogens is 310 g/mol. The summed E-state index contributed by atoms with van der Waals surface area (Å²) in [7, 11) is 2.79. The van der Waals surface area contributed by atoms with E-state index in [1.807, 2.05) is 0 Å². The van der Waals surface area contributed by atoms with Crippen LogP contribution < -0.4 is 14.8 Å². The van der Waals surface area contributed by atoms with Gasteiger partial charge in [0.1, 0.15) is 0 Å². The predicted octanol–water partition coefficient (Wildman–Crippen LogP) is 2.56. The molecule has 0 aliphatic heterocycles. The zero-order valence-corrected chi connectivity index (χ0v) is 14.5. The van der Waals surface area contributed by atoms with Crippen LogP contribution in [0.3, 0.4) is 0 Å². The summed E-state index contributed by atoms with van der Waals surface area (Å²) < 4.78 is 15.4. The minimum atomic E-state index is -0.455. The van der Waals surface area contributed by atoms with Gasteiger partial charge in [-0.1, -0.05) is 6.92 Å². The number of carbonyl (C=O) groups excluding carboxylic acids is 2. The zero-order chi connectivity index (χ0) is 17.5. The Morgan fingerprint density at radius 1 is 1.12 bits per heavy atom. The maximum absolute atomic E-state index is 12.0. The molecule has 1 N–H and O–H groups in total. The van der Waals surface area contributed by atoms with E-state index < -0.39 is 5.97 Å². The molecule has 2 rings (SSSR count). The van der Waals surface area contributed by atoms with Crippen LogP contribution in [0.25, 0.3) is 0 Å². The number of benzene rings is 1. The van der Waals surface area contributed by atoms with Crippen LogP contribution in [-0.2, 0) is 9.53 Å². The maximum atomic E-state index is 12.0. The van der Waals surface area contributed by atoms with E-state index in [-0.39, 0.29) is 18.6 Å². The number of ether oxygens (including phenoxy) is 3. The van der Waals surface area contributed by atoms with Gasteiger partial charge in [0.2, 0.25) is 0 Å². The first-order valence-electron chi connectivity index (χ1n) is 8.22. The van der Waals surface area contributed by atoms with Crippen LogP contribution in [0.5, 0.6) is 11.5 Å². The highest BCUT2D eigenvalue weighted by Gasteiger charge is 2.20. The topological polar surface area (TPSA) is 73.9 Å². The monoisotopic (exact) mass is 335 g/mol. The van der Waals surface area contributed by atoms with Crippen molar-refractivity contribution in [3.05, 3.63) is 23.8 Å². The first kappa shape index (κ1) is 18.1. The SMILES string of the molecule is COC(=O)c1ccc(OCC(=O)NC2CCC(C)CC2)c(OC)c1. The van der Waals surface area contributed by atoms with Crippen LogP contribution in [0.2, 0.25) is 0 Å². The van der Waals surface area contributed by atoms with Crippen LogP contribution >= 0.6 is 0 Å². The molecule has 0 unspecified atom stereocenters. The lowest BCUT2D eigenvalue weighted by Crippen LogP contribution is -2.39. The summed E-state index contributed by atoms with van der Waals surface area (Å²) in [5.74, 6) is 0.944. The molecule has 1 aliphatic rings. The van der Waals surface area contributed by atoms with Crippen molar-refractivity contribution in [2.24, 2.45) is 5.92 Å². The smallest absolute Gasteiger partial charge is 0.337 e. The predicted molar refractivity (Wildman–Crippen MR) is 89.4 cm³/mol. The van der Waals surface area contributed by atoms with Crippen molar-refractivity contribution in [1.29, 1.82) is 0 Å². The Morgan fingerprint density at radius 3 is 2.46 bits per heavy atom. The fraction of sp³-hybridized carbons (Fsp3) is 0.556. The first-order chi connectivity index (χ1) is 11.5. The molecule has 0 heterocycles. The third kappa shape index (κ3) is 4.88. The fourth-order valence-electron chi connectivity index (χ4n) is 2.85. The zero-order valence-electron chi connectivity index (χ0n) is 14.5. The first-order valence-corrected chi connectivity index (χ1v) is 8.22. The van der Waals surface area contributed by atoms with E-state index in [2.05, 4.69) is 17.0 Å². The van der Waals surface area contributed by atoms with E-state index in [0.29, 0.717) is 17.1 Å². The number of nitrogens with one attached hydrogen (secondary N) is 1. The van der Waals surface area contributed by atoms with E-state index in [9.17, 15) is 9.59 Å². The molecule has 0 saturated heterocycles. The van der Waals surface area contributed by atoms with E-state index in [1.54, 1.807) is 12.1 Å². The van der Waals surface area contributed by atoms with Gasteiger partial charge in [0, 0.05) is 6.04 Å². The van der Waals surface area contributed by atoms with Crippen molar-refractivity contribution in [1.82, 2.24) is 5.32 Å². The third-order valence-corrected chi connectivity index (χ3v) is 4.32. The highest BCUT2D eigenvalue weighted by Crippen LogP contribution is 2.28. The van der Waals surface area contributed by atoms with E-state index in [0.717, 1.165) is 31.6 Å². The van der Waals surface area contributed by atoms with Gasteiger partial charge in [0.25, 0.3) is 5.91 Å². The van der Waals surface area contributed by atoms with Gasteiger partial charge in [0.15, 0.2) is 18.1 Å². The molecule has 132 valence electrons. The van der Waals surface area contributed by atoms with Crippen LogP contribution in [-0.4, -0.2) is 38.7 Å². The summed E-state index contributed by atoms with van der Waals surface area (Å²) in [6, 6.07) is 4.94. The van der Waals surface area contributed by atoms with Crippen molar-refractivity contribution >= 4 is 11.9 Å². The Kier molecular flexibility index (Phi) is 6.46. The Labute approximate surface area is 142 Å². The molecule has 0 radical (unpaired) electrons. The lowest BCUT2D eigenvalue weighted by Gasteiger charge is -2.26. The molecule has 0 spiro atoms. The van der Waals surface area contributed by atoms with Crippen LogP contribution in [0.4, 0.5) is 0 Å². The van der Waals surface area contributed by atoms with Crippen molar-refractivity contribution in [3.8, 4) is 11.5 Å². The second-order valence-electron chi connectivity index (χ2n) is 6.17. The van der Waals surface area contributed by atoms with Crippen LogP contribution in [0.15, 0.2) is 18.2 Å². The number of carbonyl (C=O) groups is 2. The average molecular weight is 335 g/mol. The van der Waals surface area contributed by atoms with Crippen molar-refractivity contribution < 1.29 is 23.8 Å². The number of rotatable bonds is 6. The minimum absolute atomic E-state index is 0.0833. The second kappa shape index (κ2) is 8.57. The fourth-order valence-corrected chi connectivity index (χ4v) is 2.85. The molecule has 1 fully saturated rings. The van der Waals surface area contributed by atoms with Gasteiger partial charge in [-0.3, -0.25) is 4.79 Å². The molecule has 6 nitrogen and oxygen atoms in total. The Morgan fingerprint density at radius 2 is 1.83 bits per heavy atom. The molecule has 1 amide bonds. The molecule has 1 saturated carbocycles. The van der Waals surface area contributed by atoms with Crippen molar-refractivity contribution in [3.63, 3.8) is 0 Å². The van der Waals surface area contributed by atoms with Crippen molar-refractivity contribution in [2.45, 2.75) is 38.6 Å². The number of methoxy groups -OCH3 is 2. The molecule has 6 heteroatoms. The summed E-state index contributed by atoms with van der Waals surface area (Å²) in [4.78, 5) is 23.6. The molecule has 24 heavy (non-hydrogen) atoms. The summed E-state index contributed by atoms with van der Waals surface area (Å²) in [5.41, 5.74) is 0.363. The van der Waals surface area contributed by atoms with Gasteiger partial charge in [-0.05, 0) is 49.8 Å². The van der Waals surface area contributed by atoms with Crippen LogP contribution in [0, 0.1) is 5.92 Å². The minimum Gasteiger partial charge on any atom is -0.493 e. The van der Waals surface area contributed by atoms with Gasteiger partial charge >= 0.3 is 5.97 Å². The number of hydrogen-bond donors (Lipinski definition) is 1. The Hall–Kier alpha value is -2.24. The lowest BCUT2D eigenvalue weighted by molar-refractivity contribution is -0.124. The Balaban J connectivity index is 1.89. The maximum Gasteiger partial charge on any atom is 0.337 e. The molecule has 0 aromatic heterocycles. The van der Waals surface area contributed by atoms with E-state index in [4.69, 9.17) is 9.47 Å². The third-order valence-electron chi connectivity index (χ3n) is 4.32. The lowest BCUT2D eigenvalue weighted by atomic mass is 9.87. The number of esters is 1. The van der Waals surface area contributed by atoms with Gasteiger partial charge in [-0.25, -0.2) is 4.79 Å². The standard InChI is InChI=1S/C18H25NO5/c1-12-4-7-14(8-5-12)19-17(20)11-24-15-9-6-13(18(21)23-3)10-16(15)22-2/h6,9-10,12,14H,4-5,7-8,11H2,1-3H3,(H,19,20).